The largest absolute Gasteiger partial charge is 0.497 e. The van der Waals surface area contributed by atoms with Gasteiger partial charge < -0.3 is 53.5 Å². The van der Waals surface area contributed by atoms with Crippen LogP contribution in [0, 0.1) is 29.1 Å². The normalized spacial score (nSPS) is 22.1. The summed E-state index contributed by atoms with van der Waals surface area (Å²) in [4.78, 5) is 36.1. The third-order valence-electron chi connectivity index (χ3n) is 12.4. The maximum absolute atomic E-state index is 15.0. The number of nitriles is 1. The van der Waals surface area contributed by atoms with Gasteiger partial charge in [0.15, 0.2) is 0 Å². The summed E-state index contributed by atoms with van der Waals surface area (Å²) in [5, 5.41) is 46.6. The number of aliphatic hydroxyl groups is 3. The number of rotatable bonds is 24. The predicted octanol–water partition coefficient (Wildman–Crippen LogP) is 6.99. The number of nitrogens with zero attached hydrogens (tertiary/aromatic N) is 3. The van der Waals surface area contributed by atoms with Crippen molar-refractivity contribution in [1.82, 2.24) is 4.90 Å². The second-order valence-corrected chi connectivity index (χ2v) is 16.3. The van der Waals surface area contributed by atoms with Crippen molar-refractivity contribution in [1.29, 1.82) is 5.26 Å². The van der Waals surface area contributed by atoms with E-state index < -0.39 is 29.8 Å². The zero-order chi connectivity index (χ0) is 47.1. The molecule has 16 heteroatoms. The van der Waals surface area contributed by atoms with Gasteiger partial charge in [-0.15, -0.1) is 6.58 Å². The molecule has 4 N–H and O–H groups in total. The summed E-state index contributed by atoms with van der Waals surface area (Å²) < 4.78 is 36.9. The molecule has 3 aliphatic rings. The van der Waals surface area contributed by atoms with E-state index in [1.807, 2.05) is 13.0 Å². The number of fused-ring (bicyclic) bond motifs is 2. The number of ether oxygens (including phenoxy) is 6. The van der Waals surface area contributed by atoms with Gasteiger partial charge in [0.2, 0.25) is 5.79 Å². The molecule has 1 saturated carbocycles. The van der Waals surface area contributed by atoms with Gasteiger partial charge in [0.1, 0.15) is 35.6 Å². The van der Waals surface area contributed by atoms with Crippen LogP contribution in [0.25, 0.3) is 0 Å². The highest BCUT2D eigenvalue weighted by molar-refractivity contribution is 6.03. The molecular formula is C50H62N4O12. The van der Waals surface area contributed by atoms with Crippen LogP contribution in [0.15, 0.2) is 90.1 Å². The number of methoxy groups -OCH3 is 2. The van der Waals surface area contributed by atoms with Crippen molar-refractivity contribution >= 4 is 23.4 Å². The molecule has 3 aromatic rings. The lowest BCUT2D eigenvalue weighted by molar-refractivity contribution is -0.254. The quantitative estimate of drug-likeness (QED) is 0.0406. The third-order valence-corrected chi connectivity index (χ3v) is 12.4. The van der Waals surface area contributed by atoms with Gasteiger partial charge in [0, 0.05) is 49.3 Å². The van der Waals surface area contributed by atoms with Crippen molar-refractivity contribution in [2.45, 2.75) is 69.6 Å². The van der Waals surface area contributed by atoms with E-state index in [1.54, 1.807) is 65.6 Å². The van der Waals surface area contributed by atoms with Crippen LogP contribution < -0.4 is 24.3 Å². The minimum atomic E-state index is -1.57. The summed E-state index contributed by atoms with van der Waals surface area (Å²) in [5.41, 5.74) is 3.30. The summed E-state index contributed by atoms with van der Waals surface area (Å²) in [5.74, 6) is -1.44. The molecule has 0 saturated heterocycles. The minimum absolute atomic E-state index is 0.0211. The molecule has 0 aromatic heterocycles. The first-order valence-electron chi connectivity index (χ1n) is 22.6. The molecule has 0 radical (unpaired) electrons. The highest BCUT2D eigenvalue weighted by atomic mass is 16.7. The molecule has 1 fully saturated rings. The number of nitrogens with one attached hydrogen (secondary N) is 1. The van der Waals surface area contributed by atoms with E-state index in [4.69, 9.17) is 38.4 Å². The van der Waals surface area contributed by atoms with Gasteiger partial charge in [-0.1, -0.05) is 30.1 Å². The second kappa shape index (κ2) is 24.0. The monoisotopic (exact) mass is 910 g/mol. The minimum Gasteiger partial charge on any atom is -0.497 e. The number of oxime groups is 1. The van der Waals surface area contributed by atoms with E-state index >= 15 is 4.79 Å². The summed E-state index contributed by atoms with van der Waals surface area (Å²) >= 11 is 0. The first kappa shape index (κ1) is 49.5. The number of hydrogen-bond acceptors (Lipinski definition) is 14. The van der Waals surface area contributed by atoms with Crippen LogP contribution in [0.4, 0.5) is 10.5 Å². The Balaban J connectivity index is 1.55. The zero-order valence-electron chi connectivity index (χ0n) is 38.0. The average molecular weight is 911 g/mol. The van der Waals surface area contributed by atoms with Crippen molar-refractivity contribution in [2.75, 3.05) is 72.3 Å². The Bertz CT molecular complexity index is 2230. The fraction of sp³-hybridized carbons (Fsp3) is 0.480. The number of carbonyl (C=O) groups excluding carboxylic acids is 2. The van der Waals surface area contributed by atoms with E-state index in [1.165, 1.54) is 14.2 Å². The third kappa shape index (κ3) is 11.2. The number of amides is 2. The van der Waals surface area contributed by atoms with E-state index in [-0.39, 0.29) is 82.7 Å². The molecular weight excluding hydrogens is 849 g/mol. The van der Waals surface area contributed by atoms with Gasteiger partial charge in [-0.05, 0) is 105 Å². The second-order valence-electron chi connectivity index (χ2n) is 16.3. The summed E-state index contributed by atoms with van der Waals surface area (Å²) in [7, 11) is 3.02. The molecule has 1 heterocycles. The van der Waals surface area contributed by atoms with E-state index in [0.717, 1.165) is 24.0 Å². The standard InChI is InChI=1S/C50H62N4O12/c1-5-25-63-50-45(54(21-26-62-27-24-57)48(58)34-15-13-33(32-51)14-16-34)31-42(53-64-6-2)39-28-35(11-7-9-22-55)38(12-8-10-23-56)46(47(39)50)40-29-37(18-20-43(40)66-50)65-49(59)52-41-19-17-36(60-3)30-44(41)61-4/h5,13-20,28-30,35,38,45-47,55-57H,1,6-12,21-27,31H2,2-4H3,(H,52,59). The maximum Gasteiger partial charge on any atom is 0.417 e. The number of aliphatic hydroxyl groups excluding tert-OH is 3. The Morgan fingerprint density at radius 2 is 1.73 bits per heavy atom. The Labute approximate surface area is 386 Å². The van der Waals surface area contributed by atoms with E-state index in [0.29, 0.717) is 65.5 Å². The molecule has 2 aliphatic carbocycles. The summed E-state index contributed by atoms with van der Waals surface area (Å²) in [6, 6.07) is 17.9. The maximum atomic E-state index is 15.0. The van der Waals surface area contributed by atoms with Crippen molar-refractivity contribution in [3.63, 3.8) is 0 Å². The molecule has 16 nitrogen and oxygen atoms in total. The lowest BCUT2D eigenvalue weighted by Crippen LogP contribution is -2.70. The molecule has 66 heavy (non-hydrogen) atoms. The van der Waals surface area contributed by atoms with Crippen LogP contribution in [0.5, 0.6) is 23.0 Å². The van der Waals surface area contributed by atoms with Crippen LogP contribution in [0.1, 0.15) is 79.3 Å². The SMILES string of the molecule is C=CCOC12Oc3ccc(OC(=O)Nc4ccc(OC)cc4OC)cc3C3C(CCCCO)C(CCCCO)C=C(C(=NOCC)CC1N(CCOCCO)C(=O)c1ccc(C#N)cc1)C32. The molecule has 6 unspecified atom stereocenters. The molecule has 6 rings (SSSR count). The molecule has 1 aliphatic heterocycles. The fourth-order valence-electron chi connectivity index (χ4n) is 9.58. The number of anilines is 1. The summed E-state index contributed by atoms with van der Waals surface area (Å²) in [6.07, 6.45) is 7.35. The average Bonchev–Trinajstić information content (AvgIpc) is 3.34. The molecule has 0 bridgehead atoms. The van der Waals surface area contributed by atoms with Crippen LogP contribution in [-0.2, 0) is 14.3 Å². The zero-order valence-corrected chi connectivity index (χ0v) is 38.0. The van der Waals surface area contributed by atoms with Crippen LogP contribution in [0.3, 0.4) is 0 Å². The van der Waals surface area contributed by atoms with Crippen LogP contribution >= 0.6 is 0 Å². The van der Waals surface area contributed by atoms with Gasteiger partial charge in [-0.3, -0.25) is 10.1 Å². The lowest BCUT2D eigenvalue weighted by Gasteiger charge is -2.60. The van der Waals surface area contributed by atoms with Gasteiger partial charge in [-0.25, -0.2) is 4.79 Å². The predicted molar refractivity (Wildman–Crippen MR) is 246 cm³/mol. The van der Waals surface area contributed by atoms with Crippen LogP contribution in [-0.4, -0.2) is 117 Å². The smallest absolute Gasteiger partial charge is 0.417 e. The summed E-state index contributed by atoms with van der Waals surface area (Å²) in [6.45, 7) is 6.24. The van der Waals surface area contributed by atoms with E-state index in [2.05, 4.69) is 24.0 Å². The van der Waals surface area contributed by atoms with Crippen LogP contribution in [0.2, 0.25) is 0 Å². The Morgan fingerprint density at radius 1 is 0.970 bits per heavy atom. The fourth-order valence-corrected chi connectivity index (χ4v) is 9.58. The Morgan fingerprint density at radius 3 is 2.41 bits per heavy atom. The van der Waals surface area contributed by atoms with Gasteiger partial charge in [0.25, 0.3) is 5.91 Å². The van der Waals surface area contributed by atoms with Gasteiger partial charge in [-0.2, -0.15) is 5.26 Å². The first-order valence-corrected chi connectivity index (χ1v) is 22.6. The van der Waals surface area contributed by atoms with Crippen molar-refractivity contribution < 1.29 is 58.2 Å². The molecule has 0 spiro atoms. The lowest BCUT2D eigenvalue weighted by atomic mass is 9.55. The Hall–Kier alpha value is -5.96. The molecule has 2 amide bonds. The Kier molecular flexibility index (Phi) is 18.0. The highest BCUT2D eigenvalue weighted by Crippen LogP contribution is 2.62. The molecule has 6 atom stereocenters. The van der Waals surface area contributed by atoms with Crippen molar-refractivity contribution in [3.8, 4) is 29.1 Å². The van der Waals surface area contributed by atoms with E-state index in [9.17, 15) is 25.4 Å². The number of unbranched alkanes of at least 4 members (excludes halogenated alkanes) is 2. The number of hydrogen-bond donors (Lipinski definition) is 4. The number of carbonyl (C=O) groups is 2. The number of allylic oxidation sites excluding steroid dienone is 1. The topological polar surface area (TPSA) is 211 Å². The number of benzene rings is 3. The first-order chi connectivity index (χ1) is 32.2. The van der Waals surface area contributed by atoms with Crippen molar-refractivity contribution in [2.24, 2.45) is 22.9 Å². The van der Waals surface area contributed by atoms with Crippen molar-refractivity contribution in [3.05, 3.63) is 102 Å². The molecule has 3 aromatic carbocycles. The van der Waals surface area contributed by atoms with Gasteiger partial charge in [0.05, 0.1) is 69.6 Å². The highest BCUT2D eigenvalue weighted by Gasteiger charge is 2.65. The molecule has 354 valence electrons. The van der Waals surface area contributed by atoms with Gasteiger partial charge >= 0.3 is 6.09 Å².